The van der Waals surface area contributed by atoms with Crippen LogP contribution in [0.1, 0.15) is 18.9 Å². The second-order valence-electron chi connectivity index (χ2n) is 3.96. The summed E-state index contributed by atoms with van der Waals surface area (Å²) in [5.41, 5.74) is 0.850. The fourth-order valence-corrected chi connectivity index (χ4v) is 1.56. The van der Waals surface area contributed by atoms with E-state index in [4.69, 9.17) is 9.47 Å². The maximum atomic E-state index is 12.0. The van der Waals surface area contributed by atoms with Gasteiger partial charge in [-0.15, -0.1) is 0 Å². The summed E-state index contributed by atoms with van der Waals surface area (Å²) < 4.78 is 46.4. The Balaban J connectivity index is 2.50. The molecule has 0 unspecified atom stereocenters. The van der Waals surface area contributed by atoms with E-state index in [0.29, 0.717) is 24.7 Å². The highest BCUT2D eigenvalue weighted by Gasteiger charge is 2.25. The van der Waals surface area contributed by atoms with Crippen molar-refractivity contribution in [2.45, 2.75) is 26.1 Å². The molecule has 0 heterocycles. The summed E-state index contributed by atoms with van der Waals surface area (Å²) in [4.78, 5) is 0. The Labute approximate surface area is 110 Å². The molecule has 0 atom stereocenters. The van der Waals surface area contributed by atoms with Crippen molar-refractivity contribution in [1.82, 2.24) is 5.32 Å². The van der Waals surface area contributed by atoms with Gasteiger partial charge in [-0.05, 0) is 24.6 Å². The largest absolute Gasteiger partial charge is 0.493 e. The van der Waals surface area contributed by atoms with Gasteiger partial charge in [0.05, 0.1) is 20.1 Å². The molecule has 1 aromatic rings. The fourth-order valence-electron chi connectivity index (χ4n) is 1.56. The predicted octanol–water partition coefficient (Wildman–Crippen LogP) is 3.14. The molecule has 1 N–H and O–H groups in total. The number of ether oxygens (including phenoxy) is 2. The van der Waals surface area contributed by atoms with Crippen molar-refractivity contribution in [3.63, 3.8) is 0 Å². The molecule has 0 spiro atoms. The van der Waals surface area contributed by atoms with Crippen LogP contribution in [0.3, 0.4) is 0 Å². The lowest BCUT2D eigenvalue weighted by Gasteiger charge is -2.12. The average Bonchev–Trinajstić information content (AvgIpc) is 2.35. The lowest BCUT2D eigenvalue weighted by Crippen LogP contribution is -2.21. The molecule has 0 aromatic heterocycles. The summed E-state index contributed by atoms with van der Waals surface area (Å²) in [5, 5.41) is 2.74. The van der Waals surface area contributed by atoms with E-state index in [-0.39, 0.29) is 6.54 Å². The van der Waals surface area contributed by atoms with Gasteiger partial charge >= 0.3 is 6.18 Å². The van der Waals surface area contributed by atoms with Crippen molar-refractivity contribution in [1.29, 1.82) is 0 Å². The van der Waals surface area contributed by atoms with E-state index in [1.807, 2.05) is 6.92 Å². The lowest BCUT2D eigenvalue weighted by atomic mass is 10.2. The van der Waals surface area contributed by atoms with Crippen LogP contribution in [-0.2, 0) is 6.54 Å². The van der Waals surface area contributed by atoms with E-state index in [9.17, 15) is 13.2 Å². The fraction of sp³-hybridized carbons (Fsp3) is 0.538. The van der Waals surface area contributed by atoms with Crippen LogP contribution in [-0.4, -0.2) is 26.4 Å². The van der Waals surface area contributed by atoms with Crippen molar-refractivity contribution < 1.29 is 22.6 Å². The zero-order chi connectivity index (χ0) is 14.3. The first-order valence-corrected chi connectivity index (χ1v) is 6.03. The Morgan fingerprint density at radius 3 is 2.53 bits per heavy atom. The maximum Gasteiger partial charge on any atom is 0.390 e. The van der Waals surface area contributed by atoms with Crippen molar-refractivity contribution in [2.75, 3.05) is 20.3 Å². The summed E-state index contributed by atoms with van der Waals surface area (Å²) in [6.07, 6.45) is -4.95. The molecule has 108 valence electrons. The first-order chi connectivity index (χ1) is 8.96. The summed E-state index contributed by atoms with van der Waals surface area (Å²) in [6, 6.07) is 5.31. The third-order valence-corrected chi connectivity index (χ3v) is 2.44. The normalized spacial score (nSPS) is 11.4. The highest BCUT2D eigenvalue weighted by molar-refractivity contribution is 5.42. The molecule has 0 saturated carbocycles. The van der Waals surface area contributed by atoms with Crippen LogP contribution < -0.4 is 14.8 Å². The van der Waals surface area contributed by atoms with Crippen LogP contribution in [0.4, 0.5) is 13.2 Å². The molecule has 0 aliphatic rings. The molecule has 1 aromatic carbocycles. The summed E-state index contributed by atoms with van der Waals surface area (Å²) >= 11 is 0. The second kappa shape index (κ2) is 7.23. The van der Waals surface area contributed by atoms with E-state index in [0.717, 1.165) is 5.56 Å². The zero-order valence-electron chi connectivity index (χ0n) is 11.0. The topological polar surface area (TPSA) is 30.5 Å². The third-order valence-electron chi connectivity index (χ3n) is 2.44. The van der Waals surface area contributed by atoms with Crippen molar-refractivity contribution in [2.24, 2.45) is 0 Å². The number of halogens is 3. The standard InChI is InChI=1S/C13H18F3NO2/c1-3-19-11-5-4-10(8-12(11)18-2)9-17-7-6-13(14,15)16/h4-5,8,17H,3,6-7,9H2,1-2H3. The predicted molar refractivity (Wildman–Crippen MR) is 66.5 cm³/mol. The Bertz CT molecular complexity index is 394. The average molecular weight is 277 g/mol. The van der Waals surface area contributed by atoms with Gasteiger partial charge in [0.25, 0.3) is 0 Å². The zero-order valence-corrected chi connectivity index (χ0v) is 11.0. The highest BCUT2D eigenvalue weighted by Crippen LogP contribution is 2.28. The van der Waals surface area contributed by atoms with Crippen molar-refractivity contribution in [3.05, 3.63) is 23.8 Å². The molecule has 0 saturated heterocycles. The smallest absolute Gasteiger partial charge is 0.390 e. The minimum Gasteiger partial charge on any atom is -0.493 e. The van der Waals surface area contributed by atoms with Crippen LogP contribution in [0.15, 0.2) is 18.2 Å². The lowest BCUT2D eigenvalue weighted by molar-refractivity contribution is -0.133. The Morgan fingerprint density at radius 1 is 1.21 bits per heavy atom. The van der Waals surface area contributed by atoms with Gasteiger partial charge in [0.1, 0.15) is 0 Å². The summed E-state index contributed by atoms with van der Waals surface area (Å²) in [7, 11) is 1.53. The van der Waals surface area contributed by atoms with E-state index in [1.54, 1.807) is 18.2 Å². The van der Waals surface area contributed by atoms with E-state index >= 15 is 0 Å². The Kier molecular flexibility index (Phi) is 5.95. The van der Waals surface area contributed by atoms with E-state index in [2.05, 4.69) is 5.32 Å². The van der Waals surface area contributed by atoms with Gasteiger partial charge < -0.3 is 14.8 Å². The van der Waals surface area contributed by atoms with Crippen molar-refractivity contribution >= 4 is 0 Å². The van der Waals surface area contributed by atoms with Gasteiger partial charge in [0.15, 0.2) is 11.5 Å². The summed E-state index contributed by atoms with van der Waals surface area (Å²) in [6.45, 7) is 2.66. The van der Waals surface area contributed by atoms with Crippen LogP contribution in [0.25, 0.3) is 0 Å². The molecule has 0 radical (unpaired) electrons. The first-order valence-electron chi connectivity index (χ1n) is 6.03. The number of methoxy groups -OCH3 is 1. The second-order valence-corrected chi connectivity index (χ2v) is 3.96. The van der Waals surface area contributed by atoms with E-state index < -0.39 is 12.6 Å². The molecule has 19 heavy (non-hydrogen) atoms. The van der Waals surface area contributed by atoms with Gasteiger partial charge in [-0.2, -0.15) is 13.2 Å². The number of benzene rings is 1. The maximum absolute atomic E-state index is 12.0. The van der Waals surface area contributed by atoms with Gasteiger partial charge in [0.2, 0.25) is 0 Å². The van der Waals surface area contributed by atoms with Crippen LogP contribution >= 0.6 is 0 Å². The molecule has 0 aliphatic heterocycles. The molecule has 0 amide bonds. The number of hydrogen-bond donors (Lipinski definition) is 1. The minimum absolute atomic E-state index is 0.0982. The van der Waals surface area contributed by atoms with Crippen LogP contribution in [0.2, 0.25) is 0 Å². The van der Waals surface area contributed by atoms with Gasteiger partial charge in [-0.1, -0.05) is 6.07 Å². The van der Waals surface area contributed by atoms with Crippen LogP contribution in [0.5, 0.6) is 11.5 Å². The minimum atomic E-state index is -4.12. The van der Waals surface area contributed by atoms with Gasteiger partial charge in [0, 0.05) is 13.1 Å². The SMILES string of the molecule is CCOc1ccc(CNCCC(F)(F)F)cc1OC. The highest BCUT2D eigenvalue weighted by atomic mass is 19.4. The number of nitrogens with one attached hydrogen (secondary N) is 1. The Morgan fingerprint density at radius 2 is 1.95 bits per heavy atom. The molecule has 1 rings (SSSR count). The monoisotopic (exact) mass is 277 g/mol. The molecular formula is C13H18F3NO2. The third kappa shape index (κ3) is 5.83. The van der Waals surface area contributed by atoms with Crippen LogP contribution in [0, 0.1) is 0 Å². The van der Waals surface area contributed by atoms with Gasteiger partial charge in [-0.25, -0.2) is 0 Å². The van der Waals surface area contributed by atoms with Crippen molar-refractivity contribution in [3.8, 4) is 11.5 Å². The first kappa shape index (κ1) is 15.6. The van der Waals surface area contributed by atoms with Gasteiger partial charge in [-0.3, -0.25) is 0 Å². The molecule has 6 heteroatoms. The molecular weight excluding hydrogens is 259 g/mol. The molecule has 3 nitrogen and oxygen atoms in total. The number of hydrogen-bond acceptors (Lipinski definition) is 3. The molecule has 0 aliphatic carbocycles. The molecule has 0 bridgehead atoms. The Hall–Kier alpha value is -1.43. The quantitative estimate of drug-likeness (QED) is 0.777. The summed E-state index contributed by atoms with van der Waals surface area (Å²) in [5.74, 6) is 1.21. The number of rotatable bonds is 7. The molecule has 0 fully saturated rings. The number of alkyl halides is 3. The van der Waals surface area contributed by atoms with E-state index in [1.165, 1.54) is 7.11 Å².